The minimum Gasteiger partial charge on any atom is -0.395 e. The minimum atomic E-state index is 0. The molecule has 154 valence electrons. The Balaban J connectivity index is 0.00000240. The lowest BCUT2D eigenvalue weighted by Crippen LogP contribution is -2.33. The molecule has 3 heterocycles. The molecule has 0 radical (unpaired) electrons. The van der Waals surface area contributed by atoms with E-state index < -0.39 is 0 Å². The van der Waals surface area contributed by atoms with E-state index in [9.17, 15) is 5.11 Å². The van der Waals surface area contributed by atoms with Crippen LogP contribution in [-0.2, 0) is 6.54 Å². The Labute approximate surface area is 171 Å². The third-order valence-corrected chi connectivity index (χ3v) is 5.06. The molecule has 0 spiro atoms. The second kappa shape index (κ2) is 8.76. The van der Waals surface area contributed by atoms with Crippen molar-refractivity contribution in [3.05, 3.63) is 47.9 Å². The third-order valence-electron chi connectivity index (χ3n) is 5.06. The number of fused-ring (bicyclic) bond motifs is 2. The van der Waals surface area contributed by atoms with Gasteiger partial charge in [-0.1, -0.05) is 27.3 Å². The molecule has 1 aromatic carbocycles. The molecule has 0 bridgehead atoms. The van der Waals surface area contributed by atoms with Gasteiger partial charge in [-0.2, -0.15) is 0 Å². The number of hydrogen-bond donors (Lipinski definition) is 4. The molecule has 1 atom stereocenters. The number of rotatable bonds is 7. The number of benzene rings is 1. The molecule has 6 heteroatoms. The normalized spacial score (nSPS) is 12.6. The van der Waals surface area contributed by atoms with E-state index in [1.807, 2.05) is 13.0 Å². The van der Waals surface area contributed by atoms with Crippen LogP contribution in [0.15, 0.2) is 36.5 Å². The Hall–Kier alpha value is -2.70. The molecule has 0 aliphatic heterocycles. The van der Waals surface area contributed by atoms with Gasteiger partial charge in [-0.05, 0) is 49.1 Å². The van der Waals surface area contributed by atoms with Crippen LogP contribution < -0.4 is 5.32 Å². The van der Waals surface area contributed by atoms with Crippen molar-refractivity contribution in [2.45, 2.75) is 47.2 Å². The lowest BCUT2D eigenvalue weighted by molar-refractivity contribution is 0.223. The van der Waals surface area contributed by atoms with E-state index in [-0.39, 0.29) is 20.1 Å². The van der Waals surface area contributed by atoms with Crippen molar-refractivity contribution in [1.29, 1.82) is 0 Å². The molecule has 0 amide bonds. The maximum atomic E-state index is 9.56. The summed E-state index contributed by atoms with van der Waals surface area (Å²) in [7, 11) is 0. The number of aryl methyl sites for hydroxylation is 1. The van der Waals surface area contributed by atoms with Crippen LogP contribution in [0.3, 0.4) is 0 Å². The zero-order valence-electron chi connectivity index (χ0n) is 16.6. The second-order valence-corrected chi connectivity index (χ2v) is 7.87. The first-order valence-corrected chi connectivity index (χ1v) is 9.81. The van der Waals surface area contributed by atoms with Gasteiger partial charge in [0, 0.05) is 40.9 Å². The molecule has 0 fully saturated rings. The van der Waals surface area contributed by atoms with Crippen molar-refractivity contribution in [1.82, 2.24) is 25.3 Å². The predicted molar refractivity (Wildman–Crippen MR) is 120 cm³/mol. The first kappa shape index (κ1) is 21.0. The Morgan fingerprint density at radius 1 is 1.14 bits per heavy atom. The van der Waals surface area contributed by atoms with Crippen molar-refractivity contribution < 1.29 is 5.11 Å². The van der Waals surface area contributed by atoms with Gasteiger partial charge in [-0.25, -0.2) is 9.97 Å². The zero-order chi connectivity index (χ0) is 19.7. The fourth-order valence-electron chi connectivity index (χ4n) is 3.74. The van der Waals surface area contributed by atoms with Crippen molar-refractivity contribution in [2.24, 2.45) is 5.92 Å². The highest BCUT2D eigenvalue weighted by molar-refractivity contribution is 5.94. The fourth-order valence-corrected chi connectivity index (χ4v) is 3.74. The summed E-state index contributed by atoms with van der Waals surface area (Å²) in [6.45, 7) is 7.20. The molecular formula is C23H31N5O. The highest BCUT2D eigenvalue weighted by Gasteiger charge is 2.12. The number of nitrogens with one attached hydrogen (secondary N) is 3. The lowest BCUT2D eigenvalue weighted by atomic mass is 10.0. The summed E-state index contributed by atoms with van der Waals surface area (Å²) in [5, 5.41) is 14.2. The molecule has 0 aliphatic rings. The number of pyridine rings is 1. The lowest BCUT2D eigenvalue weighted by Gasteiger charge is -2.18. The smallest absolute Gasteiger partial charge is 0.178 e. The van der Waals surface area contributed by atoms with Gasteiger partial charge in [0.1, 0.15) is 5.82 Å². The van der Waals surface area contributed by atoms with Gasteiger partial charge in [0.25, 0.3) is 0 Å². The predicted octanol–water partition coefficient (Wildman–Crippen LogP) is 4.55. The first-order valence-electron chi connectivity index (χ1n) is 9.81. The number of nitrogens with zero attached hydrogens (tertiary/aromatic N) is 2. The Bertz CT molecular complexity index is 1100. The molecular weight excluding hydrogens is 362 g/mol. The second-order valence-electron chi connectivity index (χ2n) is 7.87. The summed E-state index contributed by atoms with van der Waals surface area (Å²) in [6, 6.07) is 10.7. The van der Waals surface area contributed by atoms with E-state index in [4.69, 9.17) is 0 Å². The van der Waals surface area contributed by atoms with Crippen LogP contribution >= 0.6 is 0 Å². The van der Waals surface area contributed by atoms with Gasteiger partial charge in [0.15, 0.2) is 5.65 Å². The monoisotopic (exact) mass is 393 g/mol. The maximum Gasteiger partial charge on any atom is 0.178 e. The number of hydrogen-bond acceptors (Lipinski definition) is 4. The Morgan fingerprint density at radius 2 is 1.97 bits per heavy atom. The highest BCUT2D eigenvalue weighted by atomic mass is 16.3. The number of H-pyrrole nitrogens is 2. The van der Waals surface area contributed by atoms with Crippen LogP contribution in [0.25, 0.3) is 33.3 Å². The van der Waals surface area contributed by atoms with Crippen LogP contribution in [0.4, 0.5) is 0 Å². The van der Waals surface area contributed by atoms with E-state index >= 15 is 0 Å². The summed E-state index contributed by atoms with van der Waals surface area (Å²) < 4.78 is 0. The van der Waals surface area contributed by atoms with Crippen LogP contribution in [0, 0.1) is 12.8 Å². The van der Waals surface area contributed by atoms with Crippen molar-refractivity contribution in [2.75, 3.05) is 6.61 Å². The van der Waals surface area contributed by atoms with Crippen LogP contribution in [0.5, 0.6) is 0 Å². The van der Waals surface area contributed by atoms with E-state index in [0.717, 1.165) is 46.7 Å². The number of aromatic nitrogens is 4. The fraction of sp³-hybridized carbons (Fsp3) is 0.391. The van der Waals surface area contributed by atoms with E-state index in [1.165, 1.54) is 10.9 Å². The highest BCUT2D eigenvalue weighted by Crippen LogP contribution is 2.29. The Kier molecular flexibility index (Phi) is 6.35. The minimum absolute atomic E-state index is 0. The van der Waals surface area contributed by atoms with Crippen molar-refractivity contribution in [3.63, 3.8) is 0 Å². The Morgan fingerprint density at radius 3 is 2.72 bits per heavy atom. The van der Waals surface area contributed by atoms with Crippen molar-refractivity contribution in [3.8, 4) is 11.3 Å². The molecule has 0 saturated carbocycles. The molecule has 4 aromatic rings. The molecule has 4 rings (SSSR count). The van der Waals surface area contributed by atoms with Gasteiger partial charge in [-0.15, -0.1) is 0 Å². The average molecular weight is 394 g/mol. The largest absolute Gasteiger partial charge is 0.395 e. The number of aliphatic hydroxyl groups excluding tert-OH is 1. The molecule has 4 N–H and O–H groups in total. The van der Waals surface area contributed by atoms with E-state index in [0.29, 0.717) is 5.92 Å². The zero-order valence-corrected chi connectivity index (χ0v) is 16.6. The van der Waals surface area contributed by atoms with E-state index in [1.54, 1.807) is 6.20 Å². The summed E-state index contributed by atoms with van der Waals surface area (Å²) in [5.74, 6) is 1.42. The molecule has 0 unspecified atom stereocenters. The molecule has 29 heavy (non-hydrogen) atoms. The number of aliphatic hydroxyl groups is 1. The molecule has 3 aromatic heterocycles. The standard InChI is InChI=1S/C22H27N5O.CH4/c1-13(2)8-17(12-28)24-11-15-4-5-19-16(9-15)10-20(27-19)18-6-7-23-22-21(18)25-14(3)26-22;/h4-7,9-10,13,17,24,27-28H,8,11-12H2,1-3H3,(H,23,25,26);1H4/t17-;/m0./s1. The summed E-state index contributed by atoms with van der Waals surface area (Å²) >= 11 is 0. The third kappa shape index (κ3) is 4.49. The summed E-state index contributed by atoms with van der Waals surface area (Å²) in [6.07, 6.45) is 2.76. The van der Waals surface area contributed by atoms with E-state index in [2.05, 4.69) is 63.4 Å². The van der Waals surface area contributed by atoms with Gasteiger partial charge in [-0.3, -0.25) is 0 Å². The first-order chi connectivity index (χ1) is 13.5. The number of imidazole rings is 1. The van der Waals surface area contributed by atoms with Crippen molar-refractivity contribution >= 4 is 22.1 Å². The molecule has 0 aliphatic carbocycles. The summed E-state index contributed by atoms with van der Waals surface area (Å²) in [4.78, 5) is 15.6. The topological polar surface area (TPSA) is 89.6 Å². The maximum absolute atomic E-state index is 9.56. The van der Waals surface area contributed by atoms with Gasteiger partial charge in [0.2, 0.25) is 0 Å². The average Bonchev–Trinajstić information content (AvgIpc) is 3.26. The SMILES string of the molecule is C.Cc1nc2nccc(-c3cc4cc(CN[C@H](CO)CC(C)C)ccc4[nH]3)c2[nH]1. The molecule has 6 nitrogen and oxygen atoms in total. The van der Waals surface area contributed by atoms with Crippen LogP contribution in [0.1, 0.15) is 39.1 Å². The quantitative estimate of drug-likeness (QED) is 0.371. The van der Waals surface area contributed by atoms with Crippen LogP contribution in [-0.4, -0.2) is 37.7 Å². The van der Waals surface area contributed by atoms with Gasteiger partial charge < -0.3 is 20.4 Å². The van der Waals surface area contributed by atoms with Crippen LogP contribution in [0.2, 0.25) is 0 Å². The van der Waals surface area contributed by atoms with Gasteiger partial charge >= 0.3 is 0 Å². The number of aromatic amines is 2. The molecule has 0 saturated heterocycles. The summed E-state index contributed by atoms with van der Waals surface area (Å²) in [5.41, 5.74) is 6.10. The van der Waals surface area contributed by atoms with Gasteiger partial charge in [0.05, 0.1) is 12.1 Å².